The van der Waals surface area contributed by atoms with Crippen LogP contribution in [0, 0.1) is 5.92 Å². The molecule has 0 spiro atoms. The fourth-order valence-electron chi connectivity index (χ4n) is 3.53. The summed E-state index contributed by atoms with van der Waals surface area (Å²) in [5.41, 5.74) is 0.338. The van der Waals surface area contributed by atoms with Gasteiger partial charge in [0.2, 0.25) is 0 Å². The molecule has 0 radical (unpaired) electrons. The Morgan fingerprint density at radius 1 is 1.11 bits per heavy atom. The van der Waals surface area contributed by atoms with Crippen LogP contribution in [0.4, 0.5) is 0 Å². The predicted molar refractivity (Wildman–Crippen MR) is 74.7 cm³/mol. The lowest BCUT2D eigenvalue weighted by atomic mass is 9.75. The molecule has 0 aromatic heterocycles. The zero-order valence-electron chi connectivity index (χ0n) is 12.2. The fraction of sp³-hybridized carbons (Fsp3) is 0.933. The van der Waals surface area contributed by atoms with Gasteiger partial charge in [-0.05, 0) is 53.2 Å². The molecule has 18 heavy (non-hydrogen) atoms. The lowest BCUT2D eigenvalue weighted by Gasteiger charge is -2.49. The molecule has 0 amide bonds. The molecular formula is C15H28N2O. The van der Waals surface area contributed by atoms with Crippen LogP contribution in [0.25, 0.3) is 0 Å². The van der Waals surface area contributed by atoms with Crippen LogP contribution in [0.2, 0.25) is 0 Å². The van der Waals surface area contributed by atoms with Gasteiger partial charge in [-0.2, -0.15) is 0 Å². The second-order valence-electron chi connectivity index (χ2n) is 6.59. The molecule has 3 nitrogen and oxygen atoms in total. The number of hydrogen-bond acceptors (Lipinski definition) is 3. The summed E-state index contributed by atoms with van der Waals surface area (Å²) in [7, 11) is 6.45. The number of carbonyl (C=O) groups is 1. The molecular weight excluding hydrogens is 224 g/mol. The van der Waals surface area contributed by atoms with Crippen molar-refractivity contribution in [3.8, 4) is 0 Å². The number of nitrogens with zero attached hydrogens (tertiary/aromatic N) is 2. The lowest BCUT2D eigenvalue weighted by molar-refractivity contribution is -0.124. The van der Waals surface area contributed by atoms with Crippen molar-refractivity contribution in [3.63, 3.8) is 0 Å². The molecule has 0 aromatic rings. The van der Waals surface area contributed by atoms with Crippen molar-refractivity contribution in [1.29, 1.82) is 0 Å². The minimum absolute atomic E-state index is 0.338. The number of hydrogen-bond donors (Lipinski definition) is 0. The van der Waals surface area contributed by atoms with Crippen molar-refractivity contribution in [1.82, 2.24) is 9.80 Å². The first kappa shape index (κ1) is 14.0. The third-order valence-electron chi connectivity index (χ3n) is 5.03. The van der Waals surface area contributed by atoms with Gasteiger partial charge in [-0.15, -0.1) is 0 Å². The Labute approximate surface area is 112 Å². The molecule has 104 valence electrons. The van der Waals surface area contributed by atoms with Gasteiger partial charge in [0.25, 0.3) is 0 Å². The van der Waals surface area contributed by atoms with E-state index >= 15 is 0 Å². The van der Waals surface area contributed by atoms with Crippen LogP contribution >= 0.6 is 0 Å². The summed E-state index contributed by atoms with van der Waals surface area (Å²) in [4.78, 5) is 16.8. The topological polar surface area (TPSA) is 23.6 Å². The first-order chi connectivity index (χ1) is 8.53. The largest absolute Gasteiger partial charge is 0.302 e. The second-order valence-corrected chi connectivity index (χ2v) is 6.59. The van der Waals surface area contributed by atoms with Crippen LogP contribution in [0.5, 0.6) is 0 Å². The van der Waals surface area contributed by atoms with E-state index in [1.807, 2.05) is 0 Å². The highest BCUT2D eigenvalue weighted by atomic mass is 16.1. The first-order valence-electron chi connectivity index (χ1n) is 7.42. The molecule has 0 aliphatic heterocycles. The summed E-state index contributed by atoms with van der Waals surface area (Å²) < 4.78 is 0. The van der Waals surface area contributed by atoms with E-state index in [0.29, 0.717) is 23.8 Å². The van der Waals surface area contributed by atoms with Crippen molar-refractivity contribution in [2.75, 3.05) is 34.2 Å². The van der Waals surface area contributed by atoms with Crippen LogP contribution in [0.3, 0.4) is 0 Å². The van der Waals surface area contributed by atoms with Gasteiger partial charge in [0.1, 0.15) is 5.78 Å². The minimum atomic E-state index is 0.338. The highest BCUT2D eigenvalue weighted by Crippen LogP contribution is 2.36. The molecule has 0 bridgehead atoms. The summed E-state index contributed by atoms with van der Waals surface area (Å²) in [6.45, 7) is 1.69. The van der Waals surface area contributed by atoms with Crippen LogP contribution in [0.15, 0.2) is 0 Å². The molecule has 0 saturated heterocycles. The third kappa shape index (κ3) is 2.94. The Balaban J connectivity index is 1.80. The van der Waals surface area contributed by atoms with Crippen LogP contribution in [-0.2, 0) is 4.79 Å². The van der Waals surface area contributed by atoms with Crippen LogP contribution in [0.1, 0.15) is 44.9 Å². The normalized spacial score (nSPS) is 23.6. The van der Waals surface area contributed by atoms with E-state index in [0.717, 1.165) is 19.4 Å². The highest BCUT2D eigenvalue weighted by molar-refractivity contribution is 5.83. The maximum absolute atomic E-state index is 12.2. The Morgan fingerprint density at radius 3 is 2.17 bits per heavy atom. The number of Topliss-reactive ketones (excluding diaryl/α,β-unsaturated/α-hetero) is 1. The van der Waals surface area contributed by atoms with Crippen molar-refractivity contribution in [2.24, 2.45) is 5.92 Å². The average Bonchev–Trinajstić information content (AvgIpc) is 2.76. The fourth-order valence-corrected chi connectivity index (χ4v) is 3.53. The molecule has 2 rings (SSSR count). The molecule has 0 heterocycles. The summed E-state index contributed by atoms with van der Waals surface area (Å²) >= 11 is 0. The van der Waals surface area contributed by atoms with E-state index in [1.54, 1.807) is 0 Å². The molecule has 3 heteroatoms. The number of likely N-dealkylation sites (N-methyl/N-ethyl adjacent to an activating group) is 2. The summed E-state index contributed by atoms with van der Waals surface area (Å²) in [6.07, 6.45) is 8.66. The van der Waals surface area contributed by atoms with E-state index in [4.69, 9.17) is 0 Å². The summed E-state index contributed by atoms with van der Waals surface area (Å²) in [5.74, 6) is 0.840. The van der Waals surface area contributed by atoms with Gasteiger partial charge in [-0.3, -0.25) is 9.69 Å². The summed E-state index contributed by atoms with van der Waals surface area (Å²) in [6, 6.07) is 0. The number of ketones is 1. The Hall–Kier alpha value is -0.410. The van der Waals surface area contributed by atoms with Gasteiger partial charge < -0.3 is 4.90 Å². The van der Waals surface area contributed by atoms with Crippen molar-refractivity contribution >= 4 is 5.78 Å². The maximum Gasteiger partial charge on any atom is 0.149 e. The quantitative estimate of drug-likeness (QED) is 0.724. The maximum atomic E-state index is 12.2. The Morgan fingerprint density at radius 2 is 1.72 bits per heavy atom. The van der Waals surface area contributed by atoms with E-state index < -0.39 is 0 Å². The molecule has 0 unspecified atom stereocenters. The van der Waals surface area contributed by atoms with Gasteiger partial charge in [0.05, 0.1) is 6.54 Å². The SMILES string of the molecule is CN(CC(=O)C1CCCC1)CC1(N(C)C)CCC1. The van der Waals surface area contributed by atoms with Crippen molar-refractivity contribution in [2.45, 2.75) is 50.5 Å². The van der Waals surface area contributed by atoms with Gasteiger partial charge in [0.15, 0.2) is 0 Å². The smallest absolute Gasteiger partial charge is 0.149 e. The zero-order chi connectivity index (χ0) is 13.2. The van der Waals surface area contributed by atoms with Crippen LogP contribution < -0.4 is 0 Å². The highest BCUT2D eigenvalue weighted by Gasteiger charge is 2.40. The van der Waals surface area contributed by atoms with E-state index in [2.05, 4.69) is 30.9 Å². The molecule has 0 aromatic carbocycles. The second kappa shape index (κ2) is 5.70. The van der Waals surface area contributed by atoms with Gasteiger partial charge in [0, 0.05) is 18.0 Å². The standard InChI is InChI=1S/C15H28N2O/c1-16(2)15(9-6-10-15)12-17(3)11-14(18)13-7-4-5-8-13/h13H,4-12H2,1-3H3. The summed E-state index contributed by atoms with van der Waals surface area (Å²) in [5, 5.41) is 0. The third-order valence-corrected chi connectivity index (χ3v) is 5.03. The van der Waals surface area contributed by atoms with Gasteiger partial charge in [-0.1, -0.05) is 12.8 Å². The predicted octanol–water partition coefficient (Wildman–Crippen LogP) is 2.16. The Kier molecular flexibility index (Phi) is 4.44. The molecule has 0 atom stereocenters. The van der Waals surface area contributed by atoms with Crippen LogP contribution in [-0.4, -0.2) is 55.4 Å². The van der Waals surface area contributed by atoms with E-state index in [1.165, 1.54) is 32.1 Å². The molecule has 2 aliphatic carbocycles. The number of rotatable bonds is 6. The Bertz CT molecular complexity index is 291. The molecule has 0 N–H and O–H groups in total. The van der Waals surface area contributed by atoms with Gasteiger partial charge in [-0.25, -0.2) is 0 Å². The monoisotopic (exact) mass is 252 g/mol. The van der Waals surface area contributed by atoms with Gasteiger partial charge >= 0.3 is 0 Å². The van der Waals surface area contributed by atoms with Crippen molar-refractivity contribution in [3.05, 3.63) is 0 Å². The van der Waals surface area contributed by atoms with E-state index in [-0.39, 0.29) is 0 Å². The van der Waals surface area contributed by atoms with E-state index in [9.17, 15) is 4.79 Å². The average molecular weight is 252 g/mol. The lowest BCUT2D eigenvalue weighted by Crippen LogP contribution is -2.57. The minimum Gasteiger partial charge on any atom is -0.302 e. The molecule has 2 saturated carbocycles. The number of carbonyl (C=O) groups excluding carboxylic acids is 1. The van der Waals surface area contributed by atoms with Crippen molar-refractivity contribution < 1.29 is 4.79 Å². The molecule has 2 aliphatic rings. The first-order valence-corrected chi connectivity index (χ1v) is 7.42. The zero-order valence-corrected chi connectivity index (χ0v) is 12.2. The molecule has 2 fully saturated rings.